The fraction of sp³-hybridized carbons (Fsp3) is 0.304. The minimum Gasteiger partial charge on any atom is -0.368 e. The van der Waals surface area contributed by atoms with E-state index in [-0.39, 0.29) is 5.82 Å². The molecule has 0 saturated carbocycles. The smallest absolute Gasteiger partial charge is 0.191 e. The summed E-state index contributed by atoms with van der Waals surface area (Å²) in [5.41, 5.74) is 2.22. The molecule has 0 atom stereocenters. The molecule has 1 fully saturated rings. The molecule has 31 heavy (non-hydrogen) atoms. The van der Waals surface area contributed by atoms with E-state index in [9.17, 15) is 4.39 Å². The largest absolute Gasteiger partial charge is 0.368 e. The van der Waals surface area contributed by atoms with E-state index >= 15 is 0 Å². The predicted octanol–water partition coefficient (Wildman–Crippen LogP) is 3.47. The number of nitrogens with one attached hydrogen (secondary N) is 2. The van der Waals surface area contributed by atoms with Crippen molar-refractivity contribution in [1.82, 2.24) is 15.6 Å². The first-order chi connectivity index (χ1) is 15.2. The van der Waals surface area contributed by atoms with Gasteiger partial charge in [-0.25, -0.2) is 9.37 Å². The molecule has 1 aliphatic rings. The van der Waals surface area contributed by atoms with Gasteiger partial charge in [-0.1, -0.05) is 6.07 Å². The topological polar surface area (TPSA) is 55.8 Å². The van der Waals surface area contributed by atoms with Gasteiger partial charge in [-0.05, 0) is 53.4 Å². The molecule has 1 aromatic carbocycles. The molecule has 0 spiro atoms. The summed E-state index contributed by atoms with van der Waals surface area (Å²) in [6.45, 7) is 4.97. The molecule has 2 aromatic heterocycles. The normalized spacial score (nSPS) is 14.6. The van der Waals surface area contributed by atoms with Gasteiger partial charge in [-0.3, -0.25) is 4.99 Å². The number of pyridine rings is 1. The minimum atomic E-state index is -0.199. The Morgan fingerprint density at radius 3 is 2.48 bits per heavy atom. The van der Waals surface area contributed by atoms with Gasteiger partial charge in [-0.2, -0.15) is 0 Å². The molecule has 8 heteroatoms. The molecular formula is C23H27FN6S. The van der Waals surface area contributed by atoms with E-state index < -0.39 is 0 Å². The predicted molar refractivity (Wildman–Crippen MR) is 126 cm³/mol. The number of nitrogens with zero attached hydrogens (tertiary/aromatic N) is 4. The van der Waals surface area contributed by atoms with E-state index in [1.807, 2.05) is 24.4 Å². The Bertz CT molecular complexity index is 982. The second-order valence-corrected chi connectivity index (χ2v) is 8.36. The maximum atomic E-state index is 13.2. The lowest BCUT2D eigenvalue weighted by Gasteiger charge is -2.36. The zero-order chi connectivity index (χ0) is 21.5. The molecule has 1 saturated heterocycles. The SMILES string of the molecule is CN=C(NCc1ccnc(N2CCN(c3ccc(F)cc3)CC2)c1)NCc1cccs1. The minimum absolute atomic E-state index is 0.199. The van der Waals surface area contributed by atoms with Crippen LogP contribution >= 0.6 is 11.3 Å². The van der Waals surface area contributed by atoms with Crippen LogP contribution in [0.5, 0.6) is 0 Å². The van der Waals surface area contributed by atoms with Crippen molar-refractivity contribution < 1.29 is 4.39 Å². The average Bonchev–Trinajstić information content (AvgIpc) is 3.34. The third-order valence-electron chi connectivity index (χ3n) is 5.30. The van der Waals surface area contributed by atoms with Crippen molar-refractivity contribution in [3.8, 4) is 0 Å². The molecule has 0 radical (unpaired) electrons. The van der Waals surface area contributed by atoms with E-state index in [0.29, 0.717) is 6.54 Å². The molecule has 1 aliphatic heterocycles. The second-order valence-electron chi connectivity index (χ2n) is 7.33. The third kappa shape index (κ3) is 5.73. The highest BCUT2D eigenvalue weighted by Crippen LogP contribution is 2.20. The molecule has 162 valence electrons. The van der Waals surface area contributed by atoms with Crippen LogP contribution < -0.4 is 20.4 Å². The zero-order valence-electron chi connectivity index (χ0n) is 17.6. The number of halogens is 1. The Morgan fingerprint density at radius 1 is 1.03 bits per heavy atom. The van der Waals surface area contributed by atoms with Gasteiger partial charge in [0.05, 0.1) is 6.54 Å². The summed E-state index contributed by atoms with van der Waals surface area (Å²) in [7, 11) is 1.78. The number of benzene rings is 1. The van der Waals surface area contributed by atoms with Gasteiger partial charge in [0.1, 0.15) is 11.6 Å². The van der Waals surface area contributed by atoms with Gasteiger partial charge < -0.3 is 20.4 Å². The second kappa shape index (κ2) is 10.3. The van der Waals surface area contributed by atoms with E-state index in [4.69, 9.17) is 0 Å². The first-order valence-electron chi connectivity index (χ1n) is 10.4. The molecule has 3 heterocycles. The molecule has 0 unspecified atom stereocenters. The number of piperazine rings is 1. The molecule has 0 bridgehead atoms. The van der Waals surface area contributed by atoms with Crippen molar-refractivity contribution in [2.75, 3.05) is 43.0 Å². The van der Waals surface area contributed by atoms with Crippen LogP contribution in [0.1, 0.15) is 10.4 Å². The summed E-state index contributed by atoms with van der Waals surface area (Å²) >= 11 is 1.73. The number of aromatic nitrogens is 1. The molecule has 0 aliphatic carbocycles. The van der Waals surface area contributed by atoms with E-state index in [0.717, 1.165) is 55.8 Å². The number of thiophene rings is 1. The van der Waals surface area contributed by atoms with Crippen molar-refractivity contribution in [2.45, 2.75) is 13.1 Å². The Kier molecular flexibility index (Phi) is 6.99. The lowest BCUT2D eigenvalue weighted by Crippen LogP contribution is -2.46. The van der Waals surface area contributed by atoms with Crippen LogP contribution in [-0.2, 0) is 13.1 Å². The summed E-state index contributed by atoms with van der Waals surface area (Å²) in [6.07, 6.45) is 1.86. The van der Waals surface area contributed by atoms with Crippen LogP contribution in [0.3, 0.4) is 0 Å². The number of guanidine groups is 1. The molecule has 6 nitrogen and oxygen atoms in total. The first kappa shape index (κ1) is 21.1. The van der Waals surface area contributed by atoms with Gasteiger partial charge in [0.25, 0.3) is 0 Å². The number of hydrogen-bond donors (Lipinski definition) is 2. The van der Waals surface area contributed by atoms with Crippen molar-refractivity contribution in [1.29, 1.82) is 0 Å². The Hall–Kier alpha value is -3.13. The molecule has 2 N–H and O–H groups in total. The van der Waals surface area contributed by atoms with Gasteiger partial charge in [0.15, 0.2) is 5.96 Å². The number of anilines is 2. The fourth-order valence-corrected chi connectivity index (χ4v) is 4.22. The molecule has 3 aromatic rings. The Labute approximate surface area is 186 Å². The maximum Gasteiger partial charge on any atom is 0.191 e. The third-order valence-corrected chi connectivity index (χ3v) is 6.18. The Balaban J connectivity index is 1.29. The van der Waals surface area contributed by atoms with Crippen LogP contribution in [0.25, 0.3) is 0 Å². The van der Waals surface area contributed by atoms with E-state index in [2.05, 4.69) is 54.0 Å². The van der Waals surface area contributed by atoms with Crippen molar-refractivity contribution >= 4 is 28.8 Å². The highest BCUT2D eigenvalue weighted by Gasteiger charge is 2.18. The highest BCUT2D eigenvalue weighted by molar-refractivity contribution is 7.09. The molecular weight excluding hydrogens is 411 g/mol. The monoisotopic (exact) mass is 438 g/mol. The summed E-state index contributed by atoms with van der Waals surface area (Å²) in [5.74, 6) is 1.56. The van der Waals surface area contributed by atoms with Gasteiger partial charge >= 0.3 is 0 Å². The summed E-state index contributed by atoms with van der Waals surface area (Å²) in [6, 6.07) is 15.0. The first-order valence-corrected chi connectivity index (χ1v) is 11.3. The van der Waals surface area contributed by atoms with Gasteiger partial charge in [0.2, 0.25) is 0 Å². The lowest BCUT2D eigenvalue weighted by molar-refractivity contribution is 0.624. The van der Waals surface area contributed by atoms with Crippen molar-refractivity contribution in [3.63, 3.8) is 0 Å². The van der Waals surface area contributed by atoms with E-state index in [1.54, 1.807) is 18.4 Å². The van der Waals surface area contributed by atoms with Gasteiger partial charge in [-0.15, -0.1) is 11.3 Å². The van der Waals surface area contributed by atoms with Crippen LogP contribution in [0.2, 0.25) is 0 Å². The lowest BCUT2D eigenvalue weighted by atomic mass is 10.2. The zero-order valence-corrected chi connectivity index (χ0v) is 18.4. The maximum absolute atomic E-state index is 13.2. The number of aliphatic imine (C=N–C) groups is 1. The van der Waals surface area contributed by atoms with Crippen molar-refractivity contribution in [2.24, 2.45) is 4.99 Å². The summed E-state index contributed by atoms with van der Waals surface area (Å²) in [4.78, 5) is 14.7. The summed E-state index contributed by atoms with van der Waals surface area (Å²) in [5, 5.41) is 8.78. The number of rotatable bonds is 6. The highest BCUT2D eigenvalue weighted by atomic mass is 32.1. The number of hydrogen-bond acceptors (Lipinski definition) is 5. The van der Waals surface area contributed by atoms with Crippen LogP contribution in [-0.4, -0.2) is 44.2 Å². The standard InChI is InChI=1S/C23H27FN6S/c1-25-23(28-17-21-3-2-14-31-21)27-16-18-8-9-26-22(15-18)30-12-10-29(11-13-30)20-6-4-19(24)5-7-20/h2-9,14-15H,10-13,16-17H2,1H3,(H2,25,27,28). The van der Waals surface area contributed by atoms with Crippen LogP contribution in [0.4, 0.5) is 15.9 Å². The quantitative estimate of drug-likeness (QED) is 0.456. The summed E-state index contributed by atoms with van der Waals surface area (Å²) < 4.78 is 13.2. The average molecular weight is 439 g/mol. The Morgan fingerprint density at radius 2 is 1.77 bits per heavy atom. The fourth-order valence-electron chi connectivity index (χ4n) is 3.58. The van der Waals surface area contributed by atoms with E-state index in [1.165, 1.54) is 17.0 Å². The van der Waals surface area contributed by atoms with Gasteiger partial charge in [0, 0.05) is 56.5 Å². The molecule has 4 rings (SSSR count). The van der Waals surface area contributed by atoms with Crippen molar-refractivity contribution in [3.05, 3.63) is 76.4 Å². The molecule has 0 amide bonds. The van der Waals surface area contributed by atoms with Crippen LogP contribution in [0, 0.1) is 5.82 Å². The van der Waals surface area contributed by atoms with Crippen LogP contribution in [0.15, 0.2) is 65.1 Å².